The van der Waals surface area contributed by atoms with Crippen LogP contribution in [0.2, 0.25) is 0 Å². The number of carbonyl (C=O) groups excluding carboxylic acids is 2. The SMILES string of the molecule is C=CC(=O)OCCCCCCOc1ccc(C(=O)Oc2ccc(OCOc3ccc(OCCCCCC)cc3)c(C)c2)cc1. The van der Waals surface area contributed by atoms with Crippen molar-refractivity contribution in [3.8, 4) is 28.7 Å². The van der Waals surface area contributed by atoms with Gasteiger partial charge in [0.05, 0.1) is 25.4 Å². The molecule has 0 aliphatic carbocycles. The Kier molecular flexibility index (Phi) is 15.2. The van der Waals surface area contributed by atoms with Crippen LogP contribution in [0.5, 0.6) is 28.7 Å². The van der Waals surface area contributed by atoms with Crippen LogP contribution in [-0.2, 0) is 9.53 Å². The number of rotatable bonds is 21. The van der Waals surface area contributed by atoms with Crippen molar-refractivity contribution in [1.82, 2.24) is 0 Å². The molecule has 3 aromatic rings. The lowest BCUT2D eigenvalue weighted by Crippen LogP contribution is -2.09. The molecule has 0 aliphatic heterocycles. The van der Waals surface area contributed by atoms with Crippen molar-refractivity contribution in [2.24, 2.45) is 0 Å². The number of carbonyl (C=O) groups is 2. The number of unbranched alkanes of at least 4 members (excludes halogenated alkanes) is 6. The van der Waals surface area contributed by atoms with Crippen LogP contribution in [0.4, 0.5) is 0 Å². The van der Waals surface area contributed by atoms with Gasteiger partial charge in [0.2, 0.25) is 6.79 Å². The molecule has 0 N–H and O–H groups in total. The van der Waals surface area contributed by atoms with Crippen LogP contribution in [0.25, 0.3) is 0 Å². The van der Waals surface area contributed by atoms with E-state index in [0.717, 1.165) is 50.0 Å². The van der Waals surface area contributed by atoms with Crippen molar-refractivity contribution in [3.63, 3.8) is 0 Å². The topological polar surface area (TPSA) is 89.5 Å². The molecule has 0 aromatic heterocycles. The van der Waals surface area contributed by atoms with Crippen molar-refractivity contribution in [2.45, 2.75) is 65.2 Å². The first-order chi connectivity index (χ1) is 21.5. The Morgan fingerprint density at radius 1 is 0.659 bits per heavy atom. The van der Waals surface area contributed by atoms with E-state index in [0.29, 0.717) is 41.8 Å². The molecule has 0 fully saturated rings. The van der Waals surface area contributed by atoms with E-state index in [9.17, 15) is 9.59 Å². The number of aryl methyl sites for hydroxylation is 1. The van der Waals surface area contributed by atoms with Crippen LogP contribution in [0.1, 0.15) is 74.2 Å². The predicted octanol–water partition coefficient (Wildman–Crippen LogP) is 8.26. The monoisotopic (exact) mass is 604 g/mol. The van der Waals surface area contributed by atoms with Crippen molar-refractivity contribution in [2.75, 3.05) is 26.6 Å². The van der Waals surface area contributed by atoms with Gasteiger partial charge in [0.1, 0.15) is 28.7 Å². The highest BCUT2D eigenvalue weighted by Gasteiger charge is 2.11. The lowest BCUT2D eigenvalue weighted by atomic mass is 10.2. The third-order valence-electron chi connectivity index (χ3n) is 6.70. The number of esters is 2. The normalized spacial score (nSPS) is 10.5. The molecule has 0 radical (unpaired) electrons. The molecular weight excluding hydrogens is 560 g/mol. The van der Waals surface area contributed by atoms with Gasteiger partial charge in [-0.15, -0.1) is 0 Å². The molecule has 0 bridgehead atoms. The Morgan fingerprint density at radius 3 is 1.80 bits per heavy atom. The molecule has 0 atom stereocenters. The summed E-state index contributed by atoms with van der Waals surface area (Å²) in [6.07, 6.45) is 9.46. The summed E-state index contributed by atoms with van der Waals surface area (Å²) in [5.41, 5.74) is 1.23. The molecule has 3 rings (SSSR count). The number of hydrogen-bond acceptors (Lipinski definition) is 8. The molecule has 0 heterocycles. The Morgan fingerprint density at radius 2 is 1.20 bits per heavy atom. The van der Waals surface area contributed by atoms with Crippen LogP contribution in [0, 0.1) is 6.92 Å². The lowest BCUT2D eigenvalue weighted by Gasteiger charge is -2.12. The average molecular weight is 605 g/mol. The van der Waals surface area contributed by atoms with Gasteiger partial charge < -0.3 is 28.4 Å². The predicted molar refractivity (Wildman–Crippen MR) is 170 cm³/mol. The molecule has 0 unspecified atom stereocenters. The maximum Gasteiger partial charge on any atom is 0.343 e. The minimum atomic E-state index is -0.460. The molecule has 0 spiro atoms. The van der Waals surface area contributed by atoms with E-state index < -0.39 is 11.9 Å². The quantitative estimate of drug-likeness (QED) is 0.0395. The zero-order valence-electron chi connectivity index (χ0n) is 25.9. The smallest absolute Gasteiger partial charge is 0.343 e. The highest BCUT2D eigenvalue weighted by molar-refractivity contribution is 5.91. The van der Waals surface area contributed by atoms with Gasteiger partial charge in [-0.3, -0.25) is 0 Å². The highest BCUT2D eigenvalue weighted by atomic mass is 16.7. The van der Waals surface area contributed by atoms with E-state index in [1.807, 2.05) is 31.2 Å². The first kappa shape index (κ1) is 34.0. The summed E-state index contributed by atoms with van der Waals surface area (Å²) < 4.78 is 33.5. The van der Waals surface area contributed by atoms with Gasteiger partial charge in [-0.05, 0) is 111 Å². The summed E-state index contributed by atoms with van der Waals surface area (Å²) in [4.78, 5) is 23.7. The highest BCUT2D eigenvalue weighted by Crippen LogP contribution is 2.25. The van der Waals surface area contributed by atoms with Crippen molar-refractivity contribution < 1.29 is 38.0 Å². The summed E-state index contributed by atoms with van der Waals surface area (Å²) in [6, 6.07) is 19.6. The summed E-state index contributed by atoms with van der Waals surface area (Å²) in [5.74, 6) is 2.40. The molecular formula is C36H44O8. The van der Waals surface area contributed by atoms with Gasteiger partial charge in [0.25, 0.3) is 0 Å². The first-order valence-corrected chi connectivity index (χ1v) is 15.3. The van der Waals surface area contributed by atoms with E-state index in [1.165, 1.54) is 25.3 Å². The maximum atomic E-state index is 12.7. The molecule has 3 aromatic carbocycles. The molecule has 0 saturated carbocycles. The lowest BCUT2D eigenvalue weighted by molar-refractivity contribution is -0.137. The van der Waals surface area contributed by atoms with Crippen LogP contribution < -0.4 is 23.7 Å². The Bertz CT molecular complexity index is 1280. The second-order valence-electron chi connectivity index (χ2n) is 10.3. The van der Waals surface area contributed by atoms with Crippen LogP contribution in [0.3, 0.4) is 0 Å². The molecule has 44 heavy (non-hydrogen) atoms. The number of hydrogen-bond donors (Lipinski definition) is 0. The minimum absolute atomic E-state index is 0.0405. The van der Waals surface area contributed by atoms with Gasteiger partial charge in [-0.2, -0.15) is 0 Å². The first-order valence-electron chi connectivity index (χ1n) is 15.3. The van der Waals surface area contributed by atoms with Gasteiger partial charge in [0.15, 0.2) is 0 Å². The van der Waals surface area contributed by atoms with E-state index in [2.05, 4.69) is 13.5 Å². The Labute approximate surface area is 260 Å². The van der Waals surface area contributed by atoms with Gasteiger partial charge in [-0.1, -0.05) is 32.8 Å². The zero-order valence-corrected chi connectivity index (χ0v) is 25.9. The molecule has 0 amide bonds. The van der Waals surface area contributed by atoms with Crippen molar-refractivity contribution >= 4 is 11.9 Å². The molecule has 0 aliphatic rings. The molecule has 236 valence electrons. The average Bonchev–Trinajstić information content (AvgIpc) is 3.04. The molecule has 0 saturated heterocycles. The van der Waals surface area contributed by atoms with Gasteiger partial charge in [-0.25, -0.2) is 9.59 Å². The van der Waals surface area contributed by atoms with Crippen LogP contribution in [-0.4, -0.2) is 38.6 Å². The van der Waals surface area contributed by atoms with E-state index in [4.69, 9.17) is 28.4 Å². The van der Waals surface area contributed by atoms with Crippen LogP contribution in [0.15, 0.2) is 79.4 Å². The standard InChI is InChI=1S/C36H44O8/c1-4-6-7-10-23-40-31-17-19-32(20-18-31)42-27-43-34-22-21-33(26-28(34)3)44-36(38)29-13-15-30(16-14-29)39-24-11-8-9-12-25-41-35(37)5-2/h5,13-22,26H,2,4,6-12,23-25,27H2,1,3H3. The minimum Gasteiger partial charge on any atom is -0.494 e. The Hall–Kier alpha value is -4.46. The fraction of sp³-hybridized carbons (Fsp3) is 0.389. The molecule has 8 nitrogen and oxygen atoms in total. The second kappa shape index (κ2) is 19.7. The molecule has 8 heteroatoms. The fourth-order valence-corrected chi connectivity index (χ4v) is 4.19. The Balaban J connectivity index is 1.34. The van der Waals surface area contributed by atoms with Crippen molar-refractivity contribution in [3.05, 3.63) is 90.5 Å². The summed E-state index contributed by atoms with van der Waals surface area (Å²) in [5, 5.41) is 0. The van der Waals surface area contributed by atoms with Crippen LogP contribution >= 0.6 is 0 Å². The summed E-state index contributed by atoms with van der Waals surface area (Å²) in [6.45, 7) is 9.17. The fourth-order valence-electron chi connectivity index (χ4n) is 4.19. The number of ether oxygens (including phenoxy) is 6. The van der Waals surface area contributed by atoms with Crippen molar-refractivity contribution in [1.29, 1.82) is 0 Å². The van der Waals surface area contributed by atoms with Gasteiger partial charge in [0, 0.05) is 6.08 Å². The largest absolute Gasteiger partial charge is 0.494 e. The van der Waals surface area contributed by atoms with E-state index >= 15 is 0 Å². The van der Waals surface area contributed by atoms with Gasteiger partial charge >= 0.3 is 11.9 Å². The number of benzene rings is 3. The maximum absolute atomic E-state index is 12.7. The summed E-state index contributed by atoms with van der Waals surface area (Å²) in [7, 11) is 0. The second-order valence-corrected chi connectivity index (χ2v) is 10.3. The third kappa shape index (κ3) is 12.8. The van der Waals surface area contributed by atoms with E-state index in [1.54, 1.807) is 42.5 Å². The summed E-state index contributed by atoms with van der Waals surface area (Å²) >= 11 is 0. The van der Waals surface area contributed by atoms with E-state index in [-0.39, 0.29) is 6.79 Å². The third-order valence-corrected chi connectivity index (χ3v) is 6.70. The zero-order chi connectivity index (χ0) is 31.4.